The molecule has 0 fully saturated rings. The molecule has 1 rings (SSSR count). The molecule has 18 heavy (non-hydrogen) atoms. The van der Waals surface area contributed by atoms with Crippen LogP contribution in [-0.2, 0) is 16.6 Å². The number of aryl methyl sites for hydroxylation is 1. The van der Waals surface area contributed by atoms with Gasteiger partial charge < -0.3 is 14.6 Å². The predicted octanol–water partition coefficient (Wildman–Crippen LogP) is 0.838. The number of methoxy groups -OCH3 is 1. The van der Waals surface area contributed by atoms with Gasteiger partial charge in [-0.05, 0) is 19.9 Å². The van der Waals surface area contributed by atoms with Gasteiger partial charge in [-0.15, -0.1) is 10.2 Å². The van der Waals surface area contributed by atoms with Crippen molar-refractivity contribution in [1.29, 1.82) is 0 Å². The smallest absolute Gasteiger partial charge is 0.326 e. The second-order valence-electron chi connectivity index (χ2n) is 4.26. The van der Waals surface area contributed by atoms with Gasteiger partial charge in [0.05, 0.1) is 7.11 Å². The SMILES string of the molecule is CCCNC(C)(CSc1nncn1C)C(=O)OC. The van der Waals surface area contributed by atoms with Crippen LogP contribution in [0.3, 0.4) is 0 Å². The van der Waals surface area contributed by atoms with Crippen LogP contribution in [0.2, 0.25) is 0 Å². The van der Waals surface area contributed by atoms with E-state index in [0.717, 1.165) is 18.1 Å². The minimum absolute atomic E-state index is 0.259. The number of carbonyl (C=O) groups excluding carboxylic acids is 1. The van der Waals surface area contributed by atoms with Crippen molar-refractivity contribution in [2.45, 2.75) is 31.0 Å². The van der Waals surface area contributed by atoms with Gasteiger partial charge in [-0.3, -0.25) is 4.79 Å². The Labute approximate surface area is 111 Å². The molecule has 1 N–H and O–H groups in total. The Morgan fingerprint density at radius 3 is 2.89 bits per heavy atom. The second kappa shape index (κ2) is 6.75. The topological polar surface area (TPSA) is 69.0 Å². The average Bonchev–Trinajstić information content (AvgIpc) is 2.78. The fourth-order valence-electron chi connectivity index (χ4n) is 1.42. The zero-order valence-electron chi connectivity index (χ0n) is 11.3. The summed E-state index contributed by atoms with van der Waals surface area (Å²) in [7, 11) is 3.28. The predicted molar refractivity (Wildman–Crippen MR) is 70.4 cm³/mol. The van der Waals surface area contributed by atoms with Crippen molar-refractivity contribution in [3.63, 3.8) is 0 Å². The zero-order chi connectivity index (χ0) is 13.6. The normalized spacial score (nSPS) is 14.2. The Morgan fingerprint density at radius 1 is 1.67 bits per heavy atom. The molecule has 0 aromatic carbocycles. The van der Waals surface area contributed by atoms with E-state index in [-0.39, 0.29) is 5.97 Å². The molecule has 0 spiro atoms. The first-order chi connectivity index (χ1) is 8.53. The number of nitrogens with zero attached hydrogens (tertiary/aromatic N) is 3. The third-order valence-electron chi connectivity index (χ3n) is 2.56. The van der Waals surface area contributed by atoms with E-state index < -0.39 is 5.54 Å². The summed E-state index contributed by atoms with van der Waals surface area (Å²) >= 11 is 1.48. The van der Waals surface area contributed by atoms with Crippen LogP contribution < -0.4 is 5.32 Å². The number of carbonyl (C=O) groups is 1. The highest BCUT2D eigenvalue weighted by Gasteiger charge is 2.34. The molecule has 0 saturated carbocycles. The number of hydrogen-bond donors (Lipinski definition) is 1. The van der Waals surface area contributed by atoms with E-state index in [0.29, 0.717) is 5.75 Å². The van der Waals surface area contributed by atoms with Gasteiger partial charge in [-0.2, -0.15) is 0 Å². The lowest BCUT2D eigenvalue weighted by Gasteiger charge is -2.27. The fraction of sp³-hybridized carbons (Fsp3) is 0.727. The number of esters is 1. The summed E-state index contributed by atoms with van der Waals surface area (Å²) in [6.45, 7) is 4.67. The molecule has 1 unspecified atom stereocenters. The summed E-state index contributed by atoms with van der Waals surface area (Å²) in [4.78, 5) is 11.8. The highest BCUT2D eigenvalue weighted by atomic mass is 32.2. The lowest BCUT2D eigenvalue weighted by molar-refractivity contribution is -0.146. The Morgan fingerprint density at radius 2 is 2.39 bits per heavy atom. The molecule has 1 atom stereocenters. The van der Waals surface area contributed by atoms with Crippen molar-refractivity contribution in [1.82, 2.24) is 20.1 Å². The average molecular weight is 272 g/mol. The number of thioether (sulfide) groups is 1. The van der Waals surface area contributed by atoms with Crippen LogP contribution in [-0.4, -0.2) is 45.7 Å². The molecule has 1 heterocycles. The lowest BCUT2D eigenvalue weighted by atomic mass is 10.1. The molecule has 0 saturated heterocycles. The first-order valence-electron chi connectivity index (χ1n) is 5.83. The summed E-state index contributed by atoms with van der Waals surface area (Å²) in [6.07, 6.45) is 2.60. The Hall–Kier alpha value is -1.08. The maximum Gasteiger partial charge on any atom is 0.326 e. The van der Waals surface area contributed by atoms with Crippen molar-refractivity contribution in [2.24, 2.45) is 7.05 Å². The summed E-state index contributed by atoms with van der Waals surface area (Å²) in [5, 5.41) is 11.8. The standard InChI is InChI=1S/C11H20N4O2S/c1-5-6-12-11(2,9(16)17-4)7-18-10-14-13-8-15(10)3/h8,12H,5-7H2,1-4H3. The largest absolute Gasteiger partial charge is 0.468 e. The maximum atomic E-state index is 11.8. The molecular weight excluding hydrogens is 252 g/mol. The Balaban J connectivity index is 2.67. The van der Waals surface area contributed by atoms with Crippen LogP contribution in [0.4, 0.5) is 0 Å². The van der Waals surface area contributed by atoms with E-state index >= 15 is 0 Å². The van der Waals surface area contributed by atoms with E-state index in [1.54, 1.807) is 6.33 Å². The molecule has 0 aliphatic carbocycles. The number of ether oxygens (including phenoxy) is 1. The van der Waals surface area contributed by atoms with Crippen LogP contribution in [0.25, 0.3) is 0 Å². The Bertz CT molecular complexity index is 396. The number of rotatable bonds is 7. The molecule has 0 radical (unpaired) electrons. The molecular formula is C11H20N4O2S. The van der Waals surface area contributed by atoms with Crippen molar-refractivity contribution < 1.29 is 9.53 Å². The van der Waals surface area contributed by atoms with Crippen LogP contribution in [0.15, 0.2) is 11.5 Å². The highest BCUT2D eigenvalue weighted by molar-refractivity contribution is 7.99. The molecule has 0 aliphatic rings. The summed E-state index contributed by atoms with van der Waals surface area (Å²) in [5.74, 6) is 0.289. The summed E-state index contributed by atoms with van der Waals surface area (Å²) in [6, 6.07) is 0. The van der Waals surface area contributed by atoms with E-state index in [1.807, 2.05) is 18.5 Å². The third kappa shape index (κ3) is 3.71. The summed E-state index contributed by atoms with van der Waals surface area (Å²) < 4.78 is 6.68. The van der Waals surface area contributed by atoms with Gasteiger partial charge in [0, 0.05) is 12.8 Å². The molecule has 6 nitrogen and oxygen atoms in total. The second-order valence-corrected chi connectivity index (χ2v) is 5.21. The number of hydrogen-bond acceptors (Lipinski definition) is 6. The highest BCUT2D eigenvalue weighted by Crippen LogP contribution is 2.21. The third-order valence-corrected chi connectivity index (χ3v) is 3.91. The molecule has 1 aromatic heterocycles. The number of aromatic nitrogens is 3. The van der Waals surface area contributed by atoms with Gasteiger partial charge in [0.1, 0.15) is 11.9 Å². The molecule has 0 bridgehead atoms. The quantitative estimate of drug-likeness (QED) is 0.586. The van der Waals surface area contributed by atoms with Gasteiger partial charge in [-0.25, -0.2) is 0 Å². The van der Waals surface area contributed by atoms with Crippen LogP contribution in [0.5, 0.6) is 0 Å². The Kier molecular flexibility index (Phi) is 5.61. The first-order valence-corrected chi connectivity index (χ1v) is 6.82. The van der Waals surface area contributed by atoms with Gasteiger partial charge in [0.2, 0.25) is 0 Å². The molecule has 102 valence electrons. The van der Waals surface area contributed by atoms with Crippen LogP contribution in [0.1, 0.15) is 20.3 Å². The van der Waals surface area contributed by atoms with E-state index in [2.05, 4.69) is 22.4 Å². The van der Waals surface area contributed by atoms with E-state index in [9.17, 15) is 4.79 Å². The van der Waals surface area contributed by atoms with Gasteiger partial charge in [0.25, 0.3) is 0 Å². The molecule has 7 heteroatoms. The minimum Gasteiger partial charge on any atom is -0.468 e. The zero-order valence-corrected chi connectivity index (χ0v) is 12.1. The van der Waals surface area contributed by atoms with Gasteiger partial charge in [0.15, 0.2) is 5.16 Å². The van der Waals surface area contributed by atoms with Gasteiger partial charge >= 0.3 is 5.97 Å². The van der Waals surface area contributed by atoms with Crippen molar-refractivity contribution in [3.05, 3.63) is 6.33 Å². The monoisotopic (exact) mass is 272 g/mol. The number of nitrogens with one attached hydrogen (secondary N) is 1. The van der Waals surface area contributed by atoms with Crippen LogP contribution in [0, 0.1) is 0 Å². The van der Waals surface area contributed by atoms with Crippen molar-refractivity contribution >= 4 is 17.7 Å². The molecule has 0 aliphatic heterocycles. The maximum absolute atomic E-state index is 11.8. The molecule has 0 amide bonds. The van der Waals surface area contributed by atoms with Gasteiger partial charge in [-0.1, -0.05) is 18.7 Å². The lowest BCUT2D eigenvalue weighted by Crippen LogP contribution is -2.52. The van der Waals surface area contributed by atoms with E-state index in [4.69, 9.17) is 4.74 Å². The molecule has 1 aromatic rings. The van der Waals surface area contributed by atoms with Crippen molar-refractivity contribution in [2.75, 3.05) is 19.4 Å². The fourth-order valence-corrected chi connectivity index (χ4v) is 2.41. The minimum atomic E-state index is -0.707. The van der Waals surface area contributed by atoms with E-state index in [1.165, 1.54) is 18.9 Å². The van der Waals surface area contributed by atoms with Crippen LogP contribution >= 0.6 is 11.8 Å². The van der Waals surface area contributed by atoms with Crippen molar-refractivity contribution in [3.8, 4) is 0 Å². The first kappa shape index (κ1) is 15.0. The summed E-state index contributed by atoms with van der Waals surface area (Å²) in [5.41, 5.74) is -0.707.